The summed E-state index contributed by atoms with van der Waals surface area (Å²) in [5, 5.41) is 7.04. The van der Waals surface area contributed by atoms with E-state index in [1.165, 1.54) is 18.9 Å². The van der Waals surface area contributed by atoms with Crippen LogP contribution in [0.15, 0.2) is 4.42 Å². The number of carbonyl (C=O) groups excluding carboxylic acids is 2. The van der Waals surface area contributed by atoms with Crippen LogP contribution in [0.1, 0.15) is 24.0 Å². The van der Waals surface area contributed by atoms with Crippen molar-refractivity contribution in [3.8, 4) is 12.3 Å². The number of hydrogen-bond donors (Lipinski definition) is 0. The molecule has 1 amide bonds. The smallest absolute Gasteiger partial charge is 0.396 e. The Bertz CT molecular complexity index is 460. The molecule has 0 saturated heterocycles. The Balaban J connectivity index is 2.88. The van der Waals surface area contributed by atoms with Crippen LogP contribution in [0.5, 0.6) is 0 Å². The van der Waals surface area contributed by atoms with Gasteiger partial charge in [0.05, 0.1) is 7.11 Å². The van der Waals surface area contributed by atoms with E-state index in [0.29, 0.717) is 6.42 Å². The first kappa shape index (κ1) is 12.7. The van der Waals surface area contributed by atoms with Crippen molar-refractivity contribution in [2.75, 3.05) is 18.6 Å². The van der Waals surface area contributed by atoms with Crippen molar-refractivity contribution < 1.29 is 18.7 Å². The molecular weight excluding hydrogens is 226 g/mol. The van der Waals surface area contributed by atoms with Crippen LogP contribution in [0.3, 0.4) is 0 Å². The fourth-order valence-corrected chi connectivity index (χ4v) is 1.06. The van der Waals surface area contributed by atoms with Gasteiger partial charge in [0.2, 0.25) is 5.91 Å². The fraction of sp³-hybridized carbons (Fsp3) is 0.400. The van der Waals surface area contributed by atoms with Crippen LogP contribution in [-0.4, -0.2) is 35.7 Å². The van der Waals surface area contributed by atoms with Gasteiger partial charge in [-0.3, -0.25) is 9.69 Å². The Morgan fingerprint density at radius 3 is 2.76 bits per heavy atom. The second-order valence-electron chi connectivity index (χ2n) is 3.01. The number of hydrogen-bond acceptors (Lipinski definition) is 6. The van der Waals surface area contributed by atoms with E-state index in [0.717, 1.165) is 0 Å². The van der Waals surface area contributed by atoms with Crippen LogP contribution < -0.4 is 4.90 Å². The number of amides is 1. The summed E-state index contributed by atoms with van der Waals surface area (Å²) in [6, 6.07) is -0.0758. The number of rotatable bonds is 4. The summed E-state index contributed by atoms with van der Waals surface area (Å²) in [6.07, 6.45) is 5.44. The molecule has 0 aliphatic heterocycles. The average Bonchev–Trinajstić information content (AvgIpc) is 2.77. The lowest BCUT2D eigenvalue weighted by molar-refractivity contribution is -0.116. The maximum atomic E-state index is 11.3. The molecule has 0 spiro atoms. The summed E-state index contributed by atoms with van der Waals surface area (Å²) >= 11 is 0. The van der Waals surface area contributed by atoms with Crippen molar-refractivity contribution in [3.63, 3.8) is 0 Å². The number of terminal acetylenes is 1. The van der Waals surface area contributed by atoms with E-state index in [9.17, 15) is 9.59 Å². The maximum absolute atomic E-state index is 11.3. The van der Waals surface area contributed by atoms with Crippen molar-refractivity contribution in [3.05, 3.63) is 5.89 Å². The highest BCUT2D eigenvalue weighted by Crippen LogP contribution is 2.13. The molecule has 17 heavy (non-hydrogen) atoms. The predicted molar refractivity (Wildman–Crippen MR) is 57.1 cm³/mol. The largest absolute Gasteiger partial charge is 0.462 e. The van der Waals surface area contributed by atoms with Crippen LogP contribution >= 0.6 is 0 Å². The Kier molecular flexibility index (Phi) is 4.22. The fourth-order valence-electron chi connectivity index (χ4n) is 1.06. The third kappa shape index (κ3) is 3.04. The van der Waals surface area contributed by atoms with Gasteiger partial charge in [-0.2, -0.15) is 0 Å². The second kappa shape index (κ2) is 5.65. The average molecular weight is 237 g/mol. The molecule has 0 aliphatic rings. The van der Waals surface area contributed by atoms with Gasteiger partial charge in [0, 0.05) is 19.9 Å². The molecule has 0 bridgehead atoms. The summed E-state index contributed by atoms with van der Waals surface area (Å²) in [7, 11) is 1.19. The SMILES string of the molecule is C#CCCN(C(C)=O)c1nnc(C(=O)OC)o1. The first-order valence-electron chi connectivity index (χ1n) is 4.73. The van der Waals surface area contributed by atoms with Crippen LogP contribution in [-0.2, 0) is 9.53 Å². The van der Waals surface area contributed by atoms with Gasteiger partial charge in [-0.05, 0) is 0 Å². The molecule has 1 heterocycles. The van der Waals surface area contributed by atoms with Gasteiger partial charge in [0.15, 0.2) is 0 Å². The van der Waals surface area contributed by atoms with Crippen molar-refractivity contribution in [2.24, 2.45) is 0 Å². The topological polar surface area (TPSA) is 85.5 Å². The highest BCUT2D eigenvalue weighted by Gasteiger charge is 2.21. The zero-order valence-electron chi connectivity index (χ0n) is 9.47. The Labute approximate surface area is 97.7 Å². The molecule has 7 heteroatoms. The summed E-state index contributed by atoms with van der Waals surface area (Å²) in [6.45, 7) is 1.58. The minimum absolute atomic E-state index is 0.0758. The molecule has 1 aromatic rings. The molecule has 1 rings (SSSR count). The number of nitrogens with zero attached hydrogens (tertiary/aromatic N) is 3. The number of methoxy groups -OCH3 is 1. The minimum atomic E-state index is -0.760. The summed E-state index contributed by atoms with van der Waals surface area (Å²) in [5.41, 5.74) is 0. The monoisotopic (exact) mass is 237 g/mol. The zero-order valence-corrected chi connectivity index (χ0v) is 9.47. The number of ether oxygens (including phenoxy) is 1. The third-order valence-corrected chi connectivity index (χ3v) is 1.87. The Morgan fingerprint density at radius 2 is 2.24 bits per heavy atom. The lowest BCUT2D eigenvalue weighted by Crippen LogP contribution is -2.29. The van der Waals surface area contributed by atoms with Gasteiger partial charge in [-0.1, -0.05) is 10.2 Å². The van der Waals surface area contributed by atoms with Crippen molar-refractivity contribution in [2.45, 2.75) is 13.3 Å². The predicted octanol–water partition coefficient (Wildman–Crippen LogP) is 0.232. The molecule has 90 valence electrons. The molecule has 0 fully saturated rings. The van der Waals surface area contributed by atoms with E-state index < -0.39 is 5.97 Å². The lowest BCUT2D eigenvalue weighted by atomic mass is 10.4. The van der Waals surface area contributed by atoms with E-state index in [-0.39, 0.29) is 24.4 Å². The van der Waals surface area contributed by atoms with Crippen LogP contribution in [0.2, 0.25) is 0 Å². The molecule has 0 saturated carbocycles. The van der Waals surface area contributed by atoms with Crippen LogP contribution in [0, 0.1) is 12.3 Å². The Hall–Kier alpha value is -2.36. The van der Waals surface area contributed by atoms with Gasteiger partial charge < -0.3 is 9.15 Å². The summed E-state index contributed by atoms with van der Waals surface area (Å²) in [4.78, 5) is 23.6. The first-order chi connectivity index (χ1) is 8.10. The quantitative estimate of drug-likeness (QED) is 0.550. The number of aromatic nitrogens is 2. The highest BCUT2D eigenvalue weighted by molar-refractivity contribution is 5.89. The number of carbonyl (C=O) groups is 2. The molecule has 0 radical (unpaired) electrons. The molecule has 0 N–H and O–H groups in total. The van der Waals surface area contributed by atoms with Crippen molar-refractivity contribution in [1.29, 1.82) is 0 Å². The molecular formula is C10H11N3O4. The first-order valence-corrected chi connectivity index (χ1v) is 4.73. The van der Waals surface area contributed by atoms with Gasteiger partial charge in [-0.15, -0.1) is 12.3 Å². The molecule has 0 atom stereocenters. The molecule has 7 nitrogen and oxygen atoms in total. The minimum Gasteiger partial charge on any atom is -0.462 e. The van der Waals surface area contributed by atoms with E-state index in [4.69, 9.17) is 10.8 Å². The van der Waals surface area contributed by atoms with Gasteiger partial charge >= 0.3 is 17.9 Å². The number of esters is 1. The summed E-state index contributed by atoms with van der Waals surface area (Å²) in [5.74, 6) is 1.01. The molecule has 0 aliphatic carbocycles. The molecule has 0 unspecified atom stereocenters. The van der Waals surface area contributed by atoms with Crippen LogP contribution in [0.4, 0.5) is 6.01 Å². The standard InChI is InChI=1S/C10H11N3O4/c1-4-5-6-13(7(2)14)10-12-11-8(17-10)9(15)16-3/h1H,5-6H2,2-3H3. The van der Waals surface area contributed by atoms with Gasteiger partial charge in [0.1, 0.15) is 0 Å². The maximum Gasteiger partial charge on any atom is 0.396 e. The Morgan fingerprint density at radius 1 is 1.53 bits per heavy atom. The van der Waals surface area contributed by atoms with Crippen molar-refractivity contribution >= 4 is 17.9 Å². The molecule has 1 aromatic heterocycles. The lowest BCUT2D eigenvalue weighted by Gasteiger charge is -2.13. The van der Waals surface area contributed by atoms with Gasteiger partial charge in [0.25, 0.3) is 0 Å². The third-order valence-electron chi connectivity index (χ3n) is 1.87. The normalized spacial score (nSPS) is 9.47. The van der Waals surface area contributed by atoms with E-state index in [1.807, 2.05) is 0 Å². The highest BCUT2D eigenvalue weighted by atomic mass is 16.5. The number of anilines is 1. The van der Waals surface area contributed by atoms with Gasteiger partial charge in [-0.25, -0.2) is 4.79 Å². The van der Waals surface area contributed by atoms with E-state index in [1.54, 1.807) is 0 Å². The van der Waals surface area contributed by atoms with Crippen LogP contribution in [0.25, 0.3) is 0 Å². The van der Waals surface area contributed by atoms with Crippen molar-refractivity contribution in [1.82, 2.24) is 10.2 Å². The zero-order chi connectivity index (χ0) is 12.8. The van der Waals surface area contributed by atoms with E-state index in [2.05, 4.69) is 20.9 Å². The summed E-state index contributed by atoms with van der Waals surface area (Å²) < 4.78 is 9.40. The second-order valence-corrected chi connectivity index (χ2v) is 3.01. The molecule has 0 aromatic carbocycles. The van der Waals surface area contributed by atoms with E-state index >= 15 is 0 Å².